The average molecular weight is 447 g/mol. The minimum absolute atomic E-state index is 0.124. The van der Waals surface area contributed by atoms with Crippen LogP contribution in [0.3, 0.4) is 0 Å². The molecule has 0 atom stereocenters. The van der Waals surface area contributed by atoms with Gasteiger partial charge in [0.15, 0.2) is 0 Å². The van der Waals surface area contributed by atoms with Crippen LogP contribution in [-0.4, -0.2) is 39.9 Å². The van der Waals surface area contributed by atoms with Gasteiger partial charge in [0, 0.05) is 37.7 Å². The summed E-state index contributed by atoms with van der Waals surface area (Å²) in [6.07, 6.45) is 4.11. The summed E-state index contributed by atoms with van der Waals surface area (Å²) < 4.78 is 5.48. The summed E-state index contributed by atoms with van der Waals surface area (Å²) in [5.74, 6) is 0.510. The highest BCUT2D eigenvalue weighted by Gasteiger charge is 2.29. The first-order chi connectivity index (χ1) is 16.0. The highest BCUT2D eigenvalue weighted by atomic mass is 16.5. The highest BCUT2D eigenvalue weighted by Crippen LogP contribution is 2.41. The fraction of sp³-hybridized carbons (Fsp3) is 0.462. The van der Waals surface area contributed by atoms with E-state index in [1.807, 2.05) is 36.9 Å². The molecule has 1 N–H and O–H groups in total. The Kier molecular flexibility index (Phi) is 5.87. The van der Waals surface area contributed by atoms with E-state index in [2.05, 4.69) is 27.6 Å². The number of fused-ring (bicyclic) bond motifs is 2. The number of nitrogens with one attached hydrogen (secondary N) is 1. The van der Waals surface area contributed by atoms with Crippen molar-refractivity contribution in [3.63, 3.8) is 0 Å². The lowest BCUT2D eigenvalue weighted by molar-refractivity contribution is -0.132. The van der Waals surface area contributed by atoms with Crippen LogP contribution < -0.4 is 5.32 Å². The summed E-state index contributed by atoms with van der Waals surface area (Å²) in [4.78, 5) is 32.3. The van der Waals surface area contributed by atoms with Crippen molar-refractivity contribution >= 4 is 22.9 Å². The molecular weight excluding hydrogens is 416 g/mol. The molecule has 1 aromatic carbocycles. The number of carbonyl (C=O) groups excluding carboxylic acids is 2. The van der Waals surface area contributed by atoms with Crippen LogP contribution in [0.25, 0.3) is 11.1 Å². The highest BCUT2D eigenvalue weighted by molar-refractivity contribution is 6.06. The smallest absolute Gasteiger partial charge is 0.259 e. The molecule has 0 spiro atoms. The standard InChI is InChI=1S/C26H30N4O3/c1-16(2)24-23-20(14-21(18-9-10-18)28-26(23)33-29-24)25(32)27-12-5-8-22(31)30-13-11-17-6-3-4-7-19(17)15-30/h3-4,6-7,14,16,18H,5,8-13,15H2,1-2H3,(H,27,32). The van der Waals surface area contributed by atoms with Crippen LogP contribution in [0.15, 0.2) is 34.9 Å². The van der Waals surface area contributed by atoms with Crippen molar-refractivity contribution in [1.82, 2.24) is 20.4 Å². The summed E-state index contributed by atoms with van der Waals surface area (Å²) in [6.45, 7) is 5.93. The third-order valence-electron chi connectivity index (χ3n) is 6.62. The van der Waals surface area contributed by atoms with E-state index in [0.717, 1.165) is 37.2 Å². The van der Waals surface area contributed by atoms with Crippen LogP contribution in [0.1, 0.15) is 84.2 Å². The fourth-order valence-electron chi connectivity index (χ4n) is 4.56. The number of rotatable bonds is 7. The van der Waals surface area contributed by atoms with E-state index < -0.39 is 0 Å². The van der Waals surface area contributed by atoms with Crippen LogP contribution in [0.2, 0.25) is 0 Å². The van der Waals surface area contributed by atoms with Gasteiger partial charge in [0.1, 0.15) is 0 Å². The monoisotopic (exact) mass is 446 g/mol. The Labute approximate surface area is 193 Å². The summed E-state index contributed by atoms with van der Waals surface area (Å²) in [7, 11) is 0. The first-order valence-electron chi connectivity index (χ1n) is 11.9. The SMILES string of the molecule is CC(C)c1noc2nc(C3CC3)cc(C(=O)NCCCC(=O)N3CCc4ccccc4C3)c12. The van der Waals surface area contributed by atoms with E-state index in [0.29, 0.717) is 48.5 Å². The quantitative estimate of drug-likeness (QED) is 0.546. The Bertz CT molecular complexity index is 1200. The lowest BCUT2D eigenvalue weighted by Gasteiger charge is -2.29. The van der Waals surface area contributed by atoms with Gasteiger partial charge in [0.05, 0.1) is 16.6 Å². The molecule has 0 bridgehead atoms. The van der Waals surface area contributed by atoms with Gasteiger partial charge < -0.3 is 14.7 Å². The van der Waals surface area contributed by atoms with E-state index in [1.165, 1.54) is 11.1 Å². The number of benzene rings is 1. The number of carbonyl (C=O) groups is 2. The summed E-state index contributed by atoms with van der Waals surface area (Å²) in [5.41, 5.74) is 5.23. The molecule has 7 nitrogen and oxygen atoms in total. The van der Waals surface area contributed by atoms with E-state index in [1.54, 1.807) is 0 Å². The zero-order valence-electron chi connectivity index (χ0n) is 19.3. The van der Waals surface area contributed by atoms with Crippen LogP contribution in [0, 0.1) is 0 Å². The molecule has 7 heteroatoms. The molecular formula is C26H30N4O3. The van der Waals surface area contributed by atoms with Crippen LogP contribution in [0.4, 0.5) is 0 Å². The number of nitrogens with zero attached hydrogens (tertiary/aromatic N) is 3. The van der Waals surface area contributed by atoms with Gasteiger partial charge in [-0.15, -0.1) is 0 Å². The molecule has 1 saturated carbocycles. The largest absolute Gasteiger partial charge is 0.352 e. The molecule has 2 aliphatic rings. The molecule has 2 amide bonds. The molecule has 0 unspecified atom stereocenters. The van der Waals surface area contributed by atoms with Crippen molar-refractivity contribution in [2.45, 2.75) is 64.3 Å². The molecule has 3 heterocycles. The predicted octanol–water partition coefficient (Wildman–Crippen LogP) is 4.32. The van der Waals surface area contributed by atoms with Crippen molar-refractivity contribution < 1.29 is 14.1 Å². The maximum absolute atomic E-state index is 13.1. The van der Waals surface area contributed by atoms with Gasteiger partial charge in [-0.3, -0.25) is 9.59 Å². The lowest BCUT2D eigenvalue weighted by atomic mass is 9.99. The van der Waals surface area contributed by atoms with Gasteiger partial charge in [0.2, 0.25) is 5.91 Å². The van der Waals surface area contributed by atoms with Crippen molar-refractivity contribution in [2.75, 3.05) is 13.1 Å². The van der Waals surface area contributed by atoms with E-state index in [9.17, 15) is 9.59 Å². The van der Waals surface area contributed by atoms with Gasteiger partial charge in [-0.25, -0.2) is 4.98 Å². The molecule has 0 radical (unpaired) electrons. The molecule has 1 aliphatic heterocycles. The van der Waals surface area contributed by atoms with Gasteiger partial charge in [-0.05, 0) is 48.8 Å². The molecule has 33 heavy (non-hydrogen) atoms. The minimum atomic E-state index is -0.159. The Morgan fingerprint density at radius 1 is 1.21 bits per heavy atom. The third kappa shape index (κ3) is 4.49. The molecule has 1 aliphatic carbocycles. The molecule has 2 aromatic heterocycles. The molecule has 0 saturated heterocycles. The molecule has 5 rings (SSSR count). The molecule has 3 aromatic rings. The van der Waals surface area contributed by atoms with Gasteiger partial charge in [-0.1, -0.05) is 43.3 Å². The van der Waals surface area contributed by atoms with Gasteiger partial charge >= 0.3 is 0 Å². The summed E-state index contributed by atoms with van der Waals surface area (Å²) in [5, 5.41) is 7.88. The van der Waals surface area contributed by atoms with Crippen molar-refractivity contribution in [3.8, 4) is 0 Å². The second kappa shape index (κ2) is 8.96. The van der Waals surface area contributed by atoms with Crippen molar-refractivity contribution in [1.29, 1.82) is 0 Å². The summed E-state index contributed by atoms with van der Waals surface area (Å²) >= 11 is 0. The maximum Gasteiger partial charge on any atom is 0.259 e. The van der Waals surface area contributed by atoms with Crippen molar-refractivity contribution in [2.24, 2.45) is 0 Å². The van der Waals surface area contributed by atoms with Crippen LogP contribution >= 0.6 is 0 Å². The maximum atomic E-state index is 13.1. The second-order valence-electron chi connectivity index (χ2n) is 9.47. The number of amides is 2. The minimum Gasteiger partial charge on any atom is -0.352 e. The summed E-state index contributed by atoms with van der Waals surface area (Å²) in [6, 6.07) is 10.2. The predicted molar refractivity (Wildman–Crippen MR) is 125 cm³/mol. The number of aromatic nitrogens is 2. The number of hydrogen-bond acceptors (Lipinski definition) is 5. The third-order valence-corrected chi connectivity index (χ3v) is 6.62. The normalized spacial score (nSPS) is 15.7. The first-order valence-corrected chi connectivity index (χ1v) is 11.9. The van der Waals surface area contributed by atoms with Gasteiger partial charge in [-0.2, -0.15) is 0 Å². The van der Waals surface area contributed by atoms with E-state index in [4.69, 9.17) is 4.52 Å². The van der Waals surface area contributed by atoms with Crippen molar-refractivity contribution in [3.05, 3.63) is 58.4 Å². The molecule has 172 valence electrons. The van der Waals surface area contributed by atoms with Crippen LogP contribution in [0.5, 0.6) is 0 Å². The Morgan fingerprint density at radius 2 is 2.00 bits per heavy atom. The Morgan fingerprint density at radius 3 is 2.76 bits per heavy atom. The number of pyridine rings is 1. The fourth-order valence-corrected chi connectivity index (χ4v) is 4.56. The Hall–Kier alpha value is -3.22. The zero-order valence-corrected chi connectivity index (χ0v) is 19.3. The lowest BCUT2D eigenvalue weighted by Crippen LogP contribution is -2.36. The average Bonchev–Trinajstić information content (AvgIpc) is 3.59. The first kappa shape index (κ1) is 21.6. The zero-order chi connectivity index (χ0) is 22.9. The molecule has 1 fully saturated rings. The van der Waals surface area contributed by atoms with E-state index >= 15 is 0 Å². The van der Waals surface area contributed by atoms with Gasteiger partial charge in [0.25, 0.3) is 11.6 Å². The topological polar surface area (TPSA) is 88.3 Å². The number of hydrogen-bond donors (Lipinski definition) is 1. The van der Waals surface area contributed by atoms with E-state index in [-0.39, 0.29) is 17.7 Å². The van der Waals surface area contributed by atoms with Crippen LogP contribution in [-0.2, 0) is 17.8 Å². The Balaban J connectivity index is 1.21. The second-order valence-corrected chi connectivity index (χ2v) is 9.47.